The van der Waals surface area contributed by atoms with Crippen LogP contribution in [-0.4, -0.2) is 0 Å². The highest BCUT2D eigenvalue weighted by Crippen LogP contribution is 2.31. The van der Waals surface area contributed by atoms with E-state index in [4.69, 9.17) is 17.2 Å². The second kappa shape index (κ2) is 3.35. The topological polar surface area (TPSA) is 78.1 Å². The molecule has 3 heteroatoms. The van der Waals surface area contributed by atoms with Crippen molar-refractivity contribution < 1.29 is 0 Å². The Labute approximate surface area is 88.9 Å². The van der Waals surface area contributed by atoms with Crippen molar-refractivity contribution >= 4 is 27.8 Å². The first-order chi connectivity index (χ1) is 7.13. The van der Waals surface area contributed by atoms with E-state index >= 15 is 0 Å². The number of nitrogen functional groups attached to an aromatic ring is 3. The molecule has 2 aromatic carbocycles. The number of hydrogen-bond acceptors (Lipinski definition) is 3. The third-order valence-corrected chi connectivity index (χ3v) is 2.60. The van der Waals surface area contributed by atoms with E-state index in [0.29, 0.717) is 17.8 Å². The normalized spacial score (nSPS) is 10.7. The number of fused-ring (bicyclic) bond motifs is 1. The molecule has 0 aliphatic heterocycles. The number of hydrogen-bond donors (Lipinski definition) is 3. The first-order valence-electron chi connectivity index (χ1n) is 4.78. The molecule has 0 aromatic heterocycles. The third kappa shape index (κ3) is 1.46. The van der Waals surface area contributed by atoms with E-state index < -0.39 is 0 Å². The predicted molar refractivity (Wildman–Crippen MR) is 66.2 cm³/mol. The lowest BCUT2D eigenvalue weighted by Gasteiger charge is -2.11. The summed E-state index contributed by atoms with van der Waals surface area (Å²) in [7, 11) is 0. The maximum absolute atomic E-state index is 5.90. The summed E-state index contributed by atoms with van der Waals surface area (Å²) < 4.78 is 0. The molecule has 0 saturated heterocycles. The Kier molecular flexibility index (Phi) is 2.15. The minimum atomic E-state index is 0.590. The first kappa shape index (κ1) is 9.65. The van der Waals surface area contributed by atoms with E-state index in [1.165, 1.54) is 0 Å². The van der Waals surface area contributed by atoms with Crippen LogP contribution in [0.5, 0.6) is 0 Å². The second-order valence-corrected chi connectivity index (χ2v) is 3.59. The molecule has 3 nitrogen and oxygen atoms in total. The fraction of sp³-hybridized carbons (Fsp3) is 0.0833. The summed E-state index contributed by atoms with van der Waals surface area (Å²) in [6, 6.07) is 7.56. The lowest BCUT2D eigenvalue weighted by atomic mass is 9.99. The molecule has 0 bridgehead atoms. The van der Waals surface area contributed by atoms with Crippen LogP contribution < -0.4 is 17.2 Å². The van der Waals surface area contributed by atoms with Gasteiger partial charge in [-0.1, -0.05) is 6.07 Å². The monoisotopic (exact) mass is 200 g/mol. The highest BCUT2D eigenvalue weighted by molar-refractivity contribution is 5.96. The Balaban J connectivity index is 2.88. The average Bonchev–Trinajstić information content (AvgIpc) is 2.20. The van der Waals surface area contributed by atoms with Crippen LogP contribution in [0.25, 0.3) is 10.8 Å². The summed E-state index contributed by atoms with van der Waals surface area (Å²) >= 11 is 0. The van der Waals surface area contributed by atoms with Crippen molar-refractivity contribution in [3.63, 3.8) is 0 Å². The van der Waals surface area contributed by atoms with Crippen LogP contribution in [0.3, 0.4) is 0 Å². The Bertz CT molecular complexity index is 518. The zero-order valence-corrected chi connectivity index (χ0v) is 8.46. The van der Waals surface area contributed by atoms with Crippen LogP contribution in [0.4, 0.5) is 17.1 Å². The van der Waals surface area contributed by atoms with E-state index in [-0.39, 0.29) is 0 Å². The van der Waals surface area contributed by atoms with Crippen molar-refractivity contribution in [3.05, 3.63) is 36.8 Å². The Morgan fingerprint density at radius 3 is 2.47 bits per heavy atom. The van der Waals surface area contributed by atoms with Gasteiger partial charge in [0.15, 0.2) is 0 Å². The maximum Gasteiger partial charge on any atom is 0.0586 e. The summed E-state index contributed by atoms with van der Waals surface area (Å²) in [6.07, 6.45) is 0.622. The molecule has 0 saturated carbocycles. The molecular weight excluding hydrogens is 186 g/mol. The molecule has 0 unspecified atom stereocenters. The zero-order valence-electron chi connectivity index (χ0n) is 8.46. The fourth-order valence-electron chi connectivity index (χ4n) is 1.81. The average molecular weight is 200 g/mol. The van der Waals surface area contributed by atoms with Gasteiger partial charge in [0.05, 0.1) is 11.4 Å². The Morgan fingerprint density at radius 1 is 1.07 bits per heavy atom. The highest BCUT2D eigenvalue weighted by atomic mass is 14.7. The van der Waals surface area contributed by atoms with Crippen molar-refractivity contribution in [2.24, 2.45) is 0 Å². The largest absolute Gasteiger partial charge is 0.399 e. The molecular formula is C12H14N3. The summed E-state index contributed by atoms with van der Waals surface area (Å²) in [6.45, 7) is 3.86. The van der Waals surface area contributed by atoms with Crippen LogP contribution in [0.2, 0.25) is 0 Å². The van der Waals surface area contributed by atoms with Crippen molar-refractivity contribution in [1.29, 1.82) is 0 Å². The van der Waals surface area contributed by atoms with Crippen LogP contribution >= 0.6 is 0 Å². The SMILES string of the molecule is [CH2]Cc1c(N)c(N)cc2cc(N)ccc12. The van der Waals surface area contributed by atoms with Crippen LogP contribution in [0.1, 0.15) is 5.56 Å². The van der Waals surface area contributed by atoms with Gasteiger partial charge in [-0.3, -0.25) is 0 Å². The van der Waals surface area contributed by atoms with E-state index in [1.807, 2.05) is 24.3 Å². The van der Waals surface area contributed by atoms with Crippen molar-refractivity contribution in [2.75, 3.05) is 17.2 Å². The second-order valence-electron chi connectivity index (χ2n) is 3.59. The summed E-state index contributed by atoms with van der Waals surface area (Å²) in [5.74, 6) is 0. The molecule has 2 aromatic rings. The van der Waals surface area contributed by atoms with Gasteiger partial charge < -0.3 is 17.2 Å². The molecule has 1 radical (unpaired) electrons. The smallest absolute Gasteiger partial charge is 0.0586 e. The van der Waals surface area contributed by atoms with Gasteiger partial charge >= 0.3 is 0 Å². The van der Waals surface area contributed by atoms with Gasteiger partial charge in [0, 0.05) is 5.69 Å². The first-order valence-corrected chi connectivity index (χ1v) is 4.78. The number of rotatable bonds is 1. The van der Waals surface area contributed by atoms with E-state index in [1.54, 1.807) is 0 Å². The van der Waals surface area contributed by atoms with Crippen molar-refractivity contribution in [3.8, 4) is 0 Å². The number of anilines is 3. The minimum absolute atomic E-state index is 0.590. The molecule has 0 aliphatic carbocycles. The van der Waals surface area contributed by atoms with Gasteiger partial charge in [0.25, 0.3) is 0 Å². The third-order valence-electron chi connectivity index (χ3n) is 2.60. The standard InChI is InChI=1S/C12H14N3/c1-2-9-10-4-3-8(13)5-7(10)6-11(14)12(9)15/h3-6H,1-2,13-15H2. The summed E-state index contributed by atoms with van der Waals surface area (Å²) in [5, 5.41) is 2.09. The summed E-state index contributed by atoms with van der Waals surface area (Å²) in [5.41, 5.74) is 20.4. The van der Waals surface area contributed by atoms with Gasteiger partial charge in [0.1, 0.15) is 0 Å². The molecule has 0 heterocycles. The van der Waals surface area contributed by atoms with Crippen LogP contribution in [-0.2, 0) is 6.42 Å². The van der Waals surface area contributed by atoms with Crippen molar-refractivity contribution in [1.82, 2.24) is 0 Å². The minimum Gasteiger partial charge on any atom is -0.399 e. The predicted octanol–water partition coefficient (Wildman–Crippen LogP) is 1.96. The van der Waals surface area contributed by atoms with Crippen LogP contribution in [0, 0.1) is 6.92 Å². The lowest BCUT2D eigenvalue weighted by Crippen LogP contribution is -2.00. The van der Waals surface area contributed by atoms with Gasteiger partial charge in [-0.15, -0.1) is 0 Å². The molecule has 6 N–H and O–H groups in total. The Morgan fingerprint density at radius 2 is 1.80 bits per heavy atom. The maximum atomic E-state index is 5.90. The molecule has 77 valence electrons. The molecule has 0 fully saturated rings. The van der Waals surface area contributed by atoms with Gasteiger partial charge in [-0.05, 0) is 47.9 Å². The van der Waals surface area contributed by atoms with Gasteiger partial charge in [-0.2, -0.15) is 0 Å². The van der Waals surface area contributed by atoms with E-state index in [0.717, 1.165) is 22.0 Å². The molecule has 0 spiro atoms. The van der Waals surface area contributed by atoms with Gasteiger partial charge in [0.2, 0.25) is 0 Å². The zero-order chi connectivity index (χ0) is 11.0. The quantitative estimate of drug-likeness (QED) is 0.616. The molecule has 2 rings (SSSR count). The number of nitrogens with two attached hydrogens (primary N) is 3. The van der Waals surface area contributed by atoms with E-state index in [2.05, 4.69) is 6.92 Å². The van der Waals surface area contributed by atoms with Crippen molar-refractivity contribution in [2.45, 2.75) is 6.42 Å². The van der Waals surface area contributed by atoms with Gasteiger partial charge in [-0.25, -0.2) is 0 Å². The Hall–Kier alpha value is -1.90. The number of benzene rings is 2. The molecule has 0 atom stereocenters. The highest BCUT2D eigenvalue weighted by Gasteiger charge is 2.07. The fourth-order valence-corrected chi connectivity index (χ4v) is 1.81. The van der Waals surface area contributed by atoms with E-state index in [9.17, 15) is 0 Å². The summed E-state index contributed by atoms with van der Waals surface area (Å²) in [4.78, 5) is 0. The lowest BCUT2D eigenvalue weighted by molar-refractivity contribution is 1.31. The molecule has 0 amide bonds. The molecule has 0 aliphatic rings. The molecule has 15 heavy (non-hydrogen) atoms. The van der Waals surface area contributed by atoms with Crippen LogP contribution in [0.15, 0.2) is 24.3 Å².